The second-order valence-corrected chi connectivity index (χ2v) is 11.1. The van der Waals surface area contributed by atoms with Gasteiger partial charge in [-0.25, -0.2) is 0 Å². The monoisotopic (exact) mass is 418 g/mol. The van der Waals surface area contributed by atoms with Crippen molar-refractivity contribution in [2.45, 2.75) is 62.2 Å². The van der Waals surface area contributed by atoms with Crippen molar-refractivity contribution in [3.05, 3.63) is 107 Å². The van der Waals surface area contributed by atoms with Crippen molar-refractivity contribution in [3.63, 3.8) is 0 Å². The Labute approximate surface area is 193 Å². The zero-order valence-electron chi connectivity index (χ0n) is 19.0. The van der Waals surface area contributed by atoms with E-state index in [1.165, 1.54) is 51.4 Å². The summed E-state index contributed by atoms with van der Waals surface area (Å²) in [6.45, 7) is 0. The molecule has 0 saturated heterocycles. The maximum Gasteiger partial charge on any atom is 0.0259 e. The van der Waals surface area contributed by atoms with Crippen LogP contribution in [0, 0.1) is 23.7 Å². The molecule has 3 aromatic carbocycles. The van der Waals surface area contributed by atoms with E-state index in [2.05, 4.69) is 84.9 Å². The normalized spacial score (nSPS) is 37.2. The quantitative estimate of drug-likeness (QED) is 0.404. The predicted molar refractivity (Wildman–Crippen MR) is 132 cm³/mol. The molecule has 32 heavy (non-hydrogen) atoms. The molecule has 4 aliphatic rings. The van der Waals surface area contributed by atoms with Crippen LogP contribution < -0.4 is 0 Å². The van der Waals surface area contributed by atoms with Gasteiger partial charge in [-0.2, -0.15) is 0 Å². The molecule has 4 aliphatic carbocycles. The molecule has 0 atom stereocenters. The van der Waals surface area contributed by atoms with Gasteiger partial charge in [0.1, 0.15) is 0 Å². The van der Waals surface area contributed by atoms with Crippen molar-refractivity contribution in [2.75, 3.05) is 0 Å². The first-order chi connectivity index (χ1) is 15.8. The van der Waals surface area contributed by atoms with Crippen LogP contribution >= 0.6 is 0 Å². The number of hydrogen-bond acceptors (Lipinski definition) is 0. The van der Waals surface area contributed by atoms with Gasteiger partial charge >= 0.3 is 0 Å². The fourth-order valence-corrected chi connectivity index (χ4v) is 9.34. The number of rotatable bonds is 4. The molecule has 0 radical (unpaired) electrons. The van der Waals surface area contributed by atoms with Crippen molar-refractivity contribution in [1.82, 2.24) is 0 Å². The van der Waals surface area contributed by atoms with E-state index in [-0.39, 0.29) is 10.8 Å². The van der Waals surface area contributed by atoms with Gasteiger partial charge in [0.15, 0.2) is 0 Å². The van der Waals surface area contributed by atoms with E-state index < -0.39 is 0 Å². The van der Waals surface area contributed by atoms with Gasteiger partial charge < -0.3 is 0 Å². The van der Waals surface area contributed by atoms with Gasteiger partial charge in [-0.1, -0.05) is 84.9 Å². The Hall–Kier alpha value is -2.34. The van der Waals surface area contributed by atoms with Gasteiger partial charge in [-0.3, -0.25) is 0 Å². The van der Waals surface area contributed by atoms with Crippen molar-refractivity contribution >= 4 is 0 Å². The Kier molecular flexibility index (Phi) is 4.24. The third-order valence-corrected chi connectivity index (χ3v) is 10.4. The first-order valence-electron chi connectivity index (χ1n) is 13.1. The molecule has 162 valence electrons. The van der Waals surface area contributed by atoms with E-state index in [4.69, 9.17) is 0 Å². The summed E-state index contributed by atoms with van der Waals surface area (Å²) in [5.41, 5.74) is 6.80. The van der Waals surface area contributed by atoms with Crippen LogP contribution in [0.3, 0.4) is 0 Å². The molecule has 0 spiro atoms. The minimum Gasteiger partial charge on any atom is -0.0622 e. The van der Waals surface area contributed by atoms with Crippen LogP contribution in [0.15, 0.2) is 84.9 Å². The van der Waals surface area contributed by atoms with Crippen LogP contribution in [0.1, 0.15) is 73.6 Å². The molecule has 0 amide bonds. The zero-order valence-corrected chi connectivity index (χ0v) is 19.0. The highest BCUT2D eigenvalue weighted by molar-refractivity contribution is 5.49. The van der Waals surface area contributed by atoms with E-state index in [1.807, 2.05) is 0 Å². The Morgan fingerprint density at radius 2 is 0.594 bits per heavy atom. The highest BCUT2D eigenvalue weighted by Gasteiger charge is 2.58. The van der Waals surface area contributed by atoms with Crippen LogP contribution in [-0.4, -0.2) is 0 Å². The molecule has 4 bridgehead atoms. The van der Waals surface area contributed by atoms with Crippen molar-refractivity contribution in [2.24, 2.45) is 23.7 Å². The molecule has 0 N–H and O–H groups in total. The number of benzene rings is 3. The molecule has 7 rings (SSSR count). The third kappa shape index (κ3) is 2.34. The number of hydrogen-bond donors (Lipinski definition) is 0. The topological polar surface area (TPSA) is 0 Å². The lowest BCUT2D eigenvalue weighted by atomic mass is 9.64. The molecule has 0 unspecified atom stereocenters. The Bertz CT molecular complexity index is 963. The predicted octanol–water partition coefficient (Wildman–Crippen LogP) is 7.90. The van der Waals surface area contributed by atoms with Gasteiger partial charge in [0, 0.05) is 10.8 Å². The zero-order chi connectivity index (χ0) is 21.2. The molecule has 4 fully saturated rings. The summed E-state index contributed by atoms with van der Waals surface area (Å²) in [7, 11) is 0. The summed E-state index contributed by atoms with van der Waals surface area (Å²) < 4.78 is 0. The van der Waals surface area contributed by atoms with Gasteiger partial charge in [0.2, 0.25) is 0 Å². The smallest absolute Gasteiger partial charge is 0.0259 e. The van der Waals surface area contributed by atoms with Gasteiger partial charge in [-0.05, 0) is 97.3 Å². The maximum atomic E-state index is 2.56. The molecule has 0 aliphatic heterocycles. The summed E-state index contributed by atoms with van der Waals surface area (Å²) in [6, 6.07) is 33.2. The molecule has 3 aromatic rings. The number of fused-ring (bicyclic) bond motifs is 4. The minimum atomic E-state index is 0.244. The second-order valence-electron chi connectivity index (χ2n) is 11.1. The summed E-state index contributed by atoms with van der Waals surface area (Å²) in [4.78, 5) is 0. The summed E-state index contributed by atoms with van der Waals surface area (Å²) >= 11 is 0. The molecule has 0 heteroatoms. The molecule has 0 aromatic heterocycles. The Morgan fingerprint density at radius 3 is 0.875 bits per heavy atom. The first kappa shape index (κ1) is 19.2. The highest BCUT2D eigenvalue weighted by atomic mass is 14.6. The Balaban J connectivity index is 1.37. The fraction of sp³-hybridized carbons (Fsp3) is 0.438. The molecule has 4 saturated carbocycles. The first-order valence-corrected chi connectivity index (χ1v) is 13.1. The van der Waals surface area contributed by atoms with E-state index in [0.717, 1.165) is 23.7 Å². The van der Waals surface area contributed by atoms with Crippen molar-refractivity contribution < 1.29 is 0 Å². The van der Waals surface area contributed by atoms with E-state index >= 15 is 0 Å². The lowest BCUT2D eigenvalue weighted by Gasteiger charge is -2.39. The fourth-order valence-electron chi connectivity index (χ4n) is 9.34. The van der Waals surface area contributed by atoms with Crippen LogP contribution in [0.4, 0.5) is 0 Å². The molecule has 0 nitrogen and oxygen atoms in total. The summed E-state index contributed by atoms with van der Waals surface area (Å²) in [6.07, 6.45) is 11.2. The average Bonchev–Trinajstić information content (AvgIpc) is 3.63. The van der Waals surface area contributed by atoms with E-state index in [1.54, 1.807) is 22.3 Å². The van der Waals surface area contributed by atoms with E-state index in [0.29, 0.717) is 0 Å². The van der Waals surface area contributed by atoms with Crippen LogP contribution in [0.5, 0.6) is 0 Å². The van der Waals surface area contributed by atoms with Gasteiger partial charge in [0.05, 0.1) is 0 Å². The Morgan fingerprint density at radius 1 is 0.344 bits per heavy atom. The lowest BCUT2D eigenvalue weighted by Crippen LogP contribution is -2.35. The largest absolute Gasteiger partial charge is 0.0622 e. The molecular formula is C32H34. The van der Waals surface area contributed by atoms with Crippen LogP contribution in [-0.2, 0) is 10.8 Å². The minimum absolute atomic E-state index is 0.244. The van der Waals surface area contributed by atoms with Crippen LogP contribution in [0.2, 0.25) is 0 Å². The summed E-state index contributed by atoms with van der Waals surface area (Å²) in [5.74, 6) is 3.25. The van der Waals surface area contributed by atoms with Crippen LogP contribution in [0.25, 0.3) is 0 Å². The van der Waals surface area contributed by atoms with Gasteiger partial charge in [-0.15, -0.1) is 0 Å². The standard InChI is InChI=1S/C32H34/c1-3-7-23(8-4-1)31(25-11-12-26(31)14-13-25)29-19-21-30(22-20-29)32(24-9-5-2-6-10-24)27-15-16-28(32)18-17-27/h1-10,19-22,25-28H,11-18H2. The summed E-state index contributed by atoms with van der Waals surface area (Å²) in [5, 5.41) is 0. The maximum absolute atomic E-state index is 2.56. The SMILES string of the molecule is c1ccc(C2(c3ccc(C4(c5ccccc5)C5CCC4CC5)cc3)C3CCC2CC3)cc1. The van der Waals surface area contributed by atoms with Gasteiger partial charge in [0.25, 0.3) is 0 Å². The molecule has 0 heterocycles. The van der Waals surface area contributed by atoms with Crippen molar-refractivity contribution in [1.29, 1.82) is 0 Å². The highest BCUT2D eigenvalue weighted by Crippen LogP contribution is 2.64. The second kappa shape index (κ2) is 7.08. The lowest BCUT2D eigenvalue weighted by molar-refractivity contribution is 0.382. The van der Waals surface area contributed by atoms with E-state index in [9.17, 15) is 0 Å². The van der Waals surface area contributed by atoms with Crippen molar-refractivity contribution in [3.8, 4) is 0 Å². The third-order valence-electron chi connectivity index (χ3n) is 10.4. The average molecular weight is 419 g/mol. The molecular weight excluding hydrogens is 384 g/mol.